The molecule has 1 aromatic carbocycles. The molecule has 0 aromatic heterocycles. The topological polar surface area (TPSA) is 130 Å². The monoisotopic (exact) mass is 457 g/mol. The summed E-state index contributed by atoms with van der Waals surface area (Å²) >= 11 is 5.71. The van der Waals surface area contributed by atoms with E-state index < -0.39 is 48.6 Å². The van der Waals surface area contributed by atoms with Gasteiger partial charge < -0.3 is 28.9 Å². The number of ether oxygens (including phenoxy) is 5. The van der Waals surface area contributed by atoms with Gasteiger partial charge in [0.15, 0.2) is 12.2 Å². The minimum Gasteiger partial charge on any atom is -0.461 e. The van der Waals surface area contributed by atoms with Crippen LogP contribution in [-0.2, 0) is 39.8 Å². The minimum absolute atomic E-state index is 0.0220. The van der Waals surface area contributed by atoms with Crippen molar-refractivity contribution in [3.8, 4) is 5.75 Å². The van der Waals surface area contributed by atoms with Gasteiger partial charge in [-0.25, -0.2) is 0 Å². The zero-order valence-corrected chi connectivity index (χ0v) is 18.2. The Hall–Kier alpha value is -2.85. The number of halogens is 1. The van der Waals surface area contributed by atoms with Gasteiger partial charge in [-0.2, -0.15) is 0 Å². The van der Waals surface area contributed by atoms with Crippen LogP contribution in [0.1, 0.15) is 33.3 Å². The zero-order valence-electron chi connectivity index (χ0n) is 17.4. The lowest BCUT2D eigenvalue weighted by molar-refractivity contribution is -0.280. The van der Waals surface area contributed by atoms with Crippen molar-refractivity contribution in [1.82, 2.24) is 0 Å². The highest BCUT2D eigenvalue weighted by molar-refractivity contribution is 6.65. The lowest BCUT2D eigenvalue weighted by Crippen LogP contribution is -2.62. The third-order valence-electron chi connectivity index (χ3n) is 4.27. The number of hydrogen-bond donors (Lipinski definition) is 1. The largest absolute Gasteiger partial charge is 0.461 e. The molecule has 5 atom stereocenters. The maximum Gasteiger partial charge on any atom is 0.303 e. The molecular formula is C20H24ClNO9. The van der Waals surface area contributed by atoms with Crippen LogP contribution < -0.4 is 4.74 Å². The van der Waals surface area contributed by atoms with Crippen LogP contribution in [0.15, 0.2) is 29.4 Å². The highest BCUT2D eigenvalue weighted by Gasteiger charge is 2.51. The zero-order chi connectivity index (χ0) is 23.1. The Balaban J connectivity index is 2.28. The van der Waals surface area contributed by atoms with E-state index in [1.807, 2.05) is 0 Å². The highest BCUT2D eigenvalue weighted by Crippen LogP contribution is 2.30. The van der Waals surface area contributed by atoms with Gasteiger partial charge in [-0.1, -0.05) is 28.9 Å². The molecule has 0 bridgehead atoms. The maximum atomic E-state index is 11.7. The summed E-state index contributed by atoms with van der Waals surface area (Å²) in [7, 11) is 0. The Morgan fingerprint density at radius 1 is 0.968 bits per heavy atom. The molecule has 0 aliphatic carbocycles. The van der Waals surface area contributed by atoms with Crippen LogP contribution in [0, 0.1) is 0 Å². The molecule has 170 valence electrons. The average molecular weight is 458 g/mol. The van der Waals surface area contributed by atoms with Crippen molar-refractivity contribution in [2.75, 3.05) is 0 Å². The second kappa shape index (κ2) is 11.0. The Labute approximate surface area is 184 Å². The molecule has 0 amide bonds. The van der Waals surface area contributed by atoms with Crippen LogP contribution in [0.4, 0.5) is 0 Å². The van der Waals surface area contributed by atoms with E-state index in [-0.39, 0.29) is 11.6 Å². The predicted molar refractivity (Wildman–Crippen MR) is 107 cm³/mol. The summed E-state index contributed by atoms with van der Waals surface area (Å²) in [5, 5.41) is 11.6. The van der Waals surface area contributed by atoms with Gasteiger partial charge in [-0.15, -0.1) is 0 Å². The van der Waals surface area contributed by atoms with Crippen LogP contribution in [-0.4, -0.2) is 59.0 Å². The van der Waals surface area contributed by atoms with E-state index >= 15 is 0 Å². The quantitative estimate of drug-likeness (QED) is 0.215. The Morgan fingerprint density at radius 2 is 1.48 bits per heavy atom. The van der Waals surface area contributed by atoms with Crippen molar-refractivity contribution in [2.45, 2.75) is 64.8 Å². The summed E-state index contributed by atoms with van der Waals surface area (Å²) in [6.45, 7) is 5.19. The van der Waals surface area contributed by atoms with Gasteiger partial charge in [-0.3, -0.25) is 14.4 Å². The first-order chi connectivity index (χ1) is 14.6. The number of esters is 3. The van der Waals surface area contributed by atoms with Crippen LogP contribution in [0.25, 0.3) is 0 Å². The number of rotatable bonds is 7. The number of benzene rings is 1. The molecule has 1 aliphatic rings. The molecule has 1 heterocycles. The molecule has 10 nitrogen and oxygen atoms in total. The van der Waals surface area contributed by atoms with Crippen molar-refractivity contribution in [1.29, 1.82) is 0 Å². The van der Waals surface area contributed by atoms with Crippen molar-refractivity contribution < 1.29 is 43.3 Å². The Morgan fingerprint density at radius 3 is 2.00 bits per heavy atom. The smallest absolute Gasteiger partial charge is 0.303 e. The van der Waals surface area contributed by atoms with Crippen LogP contribution >= 0.6 is 11.6 Å². The molecule has 0 saturated carbocycles. The van der Waals surface area contributed by atoms with Gasteiger partial charge in [-0.05, 0) is 24.6 Å². The number of carbonyl (C=O) groups is 3. The van der Waals surface area contributed by atoms with Crippen LogP contribution in [0.2, 0.25) is 0 Å². The van der Waals surface area contributed by atoms with Gasteiger partial charge in [0, 0.05) is 27.2 Å². The maximum absolute atomic E-state index is 11.7. The third kappa shape index (κ3) is 7.11. The van der Waals surface area contributed by atoms with E-state index in [2.05, 4.69) is 5.16 Å². The van der Waals surface area contributed by atoms with Crippen molar-refractivity contribution in [3.05, 3.63) is 29.8 Å². The van der Waals surface area contributed by atoms with Crippen LogP contribution in [0.3, 0.4) is 0 Å². The number of hydrogen-bond acceptors (Lipinski definition) is 10. The predicted octanol–water partition coefficient (Wildman–Crippen LogP) is 2.17. The Kier molecular flexibility index (Phi) is 8.64. The van der Waals surface area contributed by atoms with E-state index in [4.69, 9.17) is 40.5 Å². The second-order valence-corrected chi connectivity index (χ2v) is 7.28. The number of carbonyl (C=O) groups excluding carboxylic acids is 3. The fourth-order valence-corrected chi connectivity index (χ4v) is 3.24. The lowest BCUT2D eigenvalue weighted by atomic mass is 9.99. The van der Waals surface area contributed by atoms with Gasteiger partial charge >= 0.3 is 17.9 Å². The molecule has 31 heavy (non-hydrogen) atoms. The molecule has 1 saturated heterocycles. The lowest BCUT2D eigenvalue weighted by Gasteiger charge is -2.43. The van der Waals surface area contributed by atoms with Crippen molar-refractivity contribution >= 4 is 34.7 Å². The van der Waals surface area contributed by atoms with E-state index in [0.29, 0.717) is 5.75 Å². The molecule has 1 fully saturated rings. The first-order valence-corrected chi connectivity index (χ1v) is 9.77. The van der Waals surface area contributed by atoms with Crippen molar-refractivity contribution in [2.24, 2.45) is 5.16 Å². The molecule has 1 aromatic rings. The molecule has 0 radical (unpaired) electrons. The molecule has 1 N–H and O–H groups in total. The average Bonchev–Trinajstić information content (AvgIpc) is 2.68. The van der Waals surface area contributed by atoms with Gasteiger partial charge in [0.05, 0.1) is 6.10 Å². The fourth-order valence-electron chi connectivity index (χ4n) is 3.09. The van der Waals surface area contributed by atoms with Crippen LogP contribution in [0.5, 0.6) is 5.75 Å². The minimum atomic E-state index is -1.20. The fraction of sp³-hybridized carbons (Fsp3) is 0.500. The summed E-state index contributed by atoms with van der Waals surface area (Å²) in [6, 6.07) is 6.63. The van der Waals surface area contributed by atoms with Crippen molar-refractivity contribution in [3.63, 3.8) is 0 Å². The van der Waals surface area contributed by atoms with E-state index in [0.717, 1.165) is 5.56 Å². The summed E-state index contributed by atoms with van der Waals surface area (Å²) in [5.41, 5.74) is 0.761. The van der Waals surface area contributed by atoms with E-state index in [9.17, 15) is 14.4 Å². The van der Waals surface area contributed by atoms with Gasteiger partial charge in [0.25, 0.3) is 0 Å². The first-order valence-electron chi connectivity index (χ1n) is 9.39. The number of oxime groups is 1. The summed E-state index contributed by atoms with van der Waals surface area (Å²) in [5.74, 6) is -1.57. The second-order valence-electron chi connectivity index (χ2n) is 6.85. The molecule has 0 spiro atoms. The standard InChI is InChI=1S/C20H24ClNO9/c1-10-17(28-11(2)23)18(29-12(3)24)19(30-13(4)25)20(27-10)31-15-7-5-14(6-8-15)9-16(21)22-26/h5-8,10,17-20,26H,9H2,1-4H3/b22-16+/t10-,17-,18+,19+,20-/m0/s1. The molecule has 2 rings (SSSR count). The normalized spacial score (nSPS) is 26.0. The highest BCUT2D eigenvalue weighted by atomic mass is 35.5. The van der Waals surface area contributed by atoms with E-state index in [1.165, 1.54) is 20.8 Å². The molecule has 11 heteroatoms. The summed E-state index contributed by atoms with van der Waals surface area (Å²) < 4.78 is 27.6. The van der Waals surface area contributed by atoms with Gasteiger partial charge in [0.1, 0.15) is 10.9 Å². The first kappa shape index (κ1) is 24.4. The molecular weight excluding hydrogens is 434 g/mol. The molecule has 1 aliphatic heterocycles. The number of nitrogens with zero attached hydrogens (tertiary/aromatic N) is 1. The van der Waals surface area contributed by atoms with E-state index in [1.54, 1.807) is 31.2 Å². The summed E-state index contributed by atoms with van der Waals surface area (Å²) in [6.07, 6.45) is -5.00. The summed E-state index contributed by atoms with van der Waals surface area (Å²) in [4.78, 5) is 34.9. The molecule has 0 unspecified atom stereocenters. The third-order valence-corrected chi connectivity index (χ3v) is 4.48. The SMILES string of the molecule is CC(=O)O[C@@H]1[C@@H](OC(C)=O)[C@H](C)O[C@@H](Oc2ccc(C/C(Cl)=N\O)cc2)[C@@H]1OC(C)=O. The Bertz CT molecular complexity index is 826. The van der Waals surface area contributed by atoms with Gasteiger partial charge in [0.2, 0.25) is 12.4 Å².